The van der Waals surface area contributed by atoms with E-state index in [1.807, 2.05) is 6.92 Å². The zero-order valence-corrected chi connectivity index (χ0v) is 13.5. The van der Waals surface area contributed by atoms with Crippen LogP contribution in [0.25, 0.3) is 0 Å². The number of aromatic nitrogens is 2. The quantitative estimate of drug-likeness (QED) is 0.815. The summed E-state index contributed by atoms with van der Waals surface area (Å²) in [5, 5.41) is 3.36. The fourth-order valence-corrected chi connectivity index (χ4v) is 2.92. The Morgan fingerprint density at radius 3 is 2.91 bits per heavy atom. The van der Waals surface area contributed by atoms with E-state index >= 15 is 0 Å². The highest BCUT2D eigenvalue weighted by atomic mass is 15.2. The van der Waals surface area contributed by atoms with Gasteiger partial charge in [-0.1, -0.05) is 38.0 Å². The van der Waals surface area contributed by atoms with Crippen LogP contribution >= 0.6 is 0 Å². The lowest BCUT2D eigenvalue weighted by molar-refractivity contribution is 0.740. The second kappa shape index (κ2) is 6.77. The number of nitrogens with one attached hydrogen (secondary N) is 1. The Kier molecular flexibility index (Phi) is 4.56. The van der Waals surface area contributed by atoms with Crippen LogP contribution in [0.4, 0.5) is 17.5 Å². The molecule has 1 aromatic heterocycles. The third-order valence-electron chi connectivity index (χ3n) is 4.07. The minimum absolute atomic E-state index is 0.746. The first-order chi connectivity index (χ1) is 10.8. The van der Waals surface area contributed by atoms with Gasteiger partial charge in [0.15, 0.2) is 0 Å². The molecule has 4 heteroatoms. The van der Waals surface area contributed by atoms with Gasteiger partial charge in [-0.05, 0) is 31.4 Å². The standard InChI is InChI=1S/C18H24N4/c1-3-4-7-11-19-18-20-14(2)13-17(21-18)22-12-10-15-8-5-6-9-16(15)22/h5-6,8-9,13H,3-4,7,10-12H2,1-2H3,(H,19,20,21). The average molecular weight is 296 g/mol. The average Bonchev–Trinajstić information content (AvgIpc) is 2.95. The Labute approximate surface area is 132 Å². The molecule has 3 rings (SSSR count). The summed E-state index contributed by atoms with van der Waals surface area (Å²) >= 11 is 0. The van der Waals surface area contributed by atoms with Crippen LogP contribution in [0.3, 0.4) is 0 Å². The summed E-state index contributed by atoms with van der Waals surface area (Å²) in [6, 6.07) is 10.6. The summed E-state index contributed by atoms with van der Waals surface area (Å²) in [5.41, 5.74) is 3.68. The largest absolute Gasteiger partial charge is 0.354 e. The highest BCUT2D eigenvalue weighted by molar-refractivity contribution is 5.68. The molecule has 4 nitrogen and oxygen atoms in total. The molecule has 0 radical (unpaired) electrons. The molecule has 1 aliphatic rings. The summed E-state index contributed by atoms with van der Waals surface area (Å²) in [4.78, 5) is 11.5. The Bertz CT molecular complexity index is 639. The van der Waals surface area contributed by atoms with Crippen LogP contribution in [-0.2, 0) is 6.42 Å². The molecule has 0 bridgehead atoms. The summed E-state index contributed by atoms with van der Waals surface area (Å²) < 4.78 is 0. The molecule has 0 saturated heterocycles. The smallest absolute Gasteiger partial charge is 0.224 e. The van der Waals surface area contributed by atoms with Gasteiger partial charge < -0.3 is 10.2 Å². The maximum atomic E-state index is 4.72. The number of unbranched alkanes of at least 4 members (excludes halogenated alkanes) is 2. The molecule has 0 unspecified atom stereocenters. The van der Waals surface area contributed by atoms with Gasteiger partial charge in [-0.2, -0.15) is 4.98 Å². The van der Waals surface area contributed by atoms with Crippen molar-refractivity contribution < 1.29 is 0 Å². The van der Waals surface area contributed by atoms with Gasteiger partial charge in [-0.15, -0.1) is 0 Å². The number of rotatable bonds is 6. The Morgan fingerprint density at radius 1 is 1.18 bits per heavy atom. The van der Waals surface area contributed by atoms with Gasteiger partial charge in [-0.25, -0.2) is 4.98 Å². The molecule has 22 heavy (non-hydrogen) atoms. The summed E-state index contributed by atoms with van der Waals surface area (Å²) in [6.45, 7) is 6.18. The zero-order chi connectivity index (χ0) is 15.4. The number of para-hydroxylation sites is 1. The number of hydrogen-bond donors (Lipinski definition) is 1. The van der Waals surface area contributed by atoms with Crippen molar-refractivity contribution in [2.24, 2.45) is 0 Å². The molecule has 0 atom stereocenters. The Balaban J connectivity index is 1.78. The predicted octanol–water partition coefficient (Wildman–Crippen LogP) is 4.08. The van der Waals surface area contributed by atoms with Gasteiger partial charge in [0.25, 0.3) is 0 Å². The molecular formula is C18H24N4. The first-order valence-corrected chi connectivity index (χ1v) is 8.23. The second-order valence-electron chi connectivity index (χ2n) is 5.86. The lowest BCUT2D eigenvalue weighted by atomic mass is 10.2. The summed E-state index contributed by atoms with van der Waals surface area (Å²) in [5.74, 6) is 1.74. The van der Waals surface area contributed by atoms with E-state index in [0.29, 0.717) is 0 Å². The molecule has 1 N–H and O–H groups in total. The van der Waals surface area contributed by atoms with Gasteiger partial charge >= 0.3 is 0 Å². The van der Waals surface area contributed by atoms with E-state index in [2.05, 4.69) is 52.5 Å². The van der Waals surface area contributed by atoms with E-state index < -0.39 is 0 Å². The maximum Gasteiger partial charge on any atom is 0.224 e. The molecule has 2 aromatic rings. The van der Waals surface area contributed by atoms with Crippen LogP contribution in [-0.4, -0.2) is 23.1 Å². The van der Waals surface area contributed by atoms with Crippen molar-refractivity contribution >= 4 is 17.5 Å². The van der Waals surface area contributed by atoms with Gasteiger partial charge in [0.2, 0.25) is 5.95 Å². The molecule has 0 fully saturated rings. The lowest BCUT2D eigenvalue weighted by Gasteiger charge is -2.19. The van der Waals surface area contributed by atoms with E-state index in [4.69, 9.17) is 4.98 Å². The summed E-state index contributed by atoms with van der Waals surface area (Å²) in [6.07, 6.45) is 4.71. The van der Waals surface area contributed by atoms with E-state index in [0.717, 1.165) is 43.4 Å². The van der Waals surface area contributed by atoms with E-state index in [9.17, 15) is 0 Å². The van der Waals surface area contributed by atoms with Crippen molar-refractivity contribution in [3.63, 3.8) is 0 Å². The number of benzene rings is 1. The highest BCUT2D eigenvalue weighted by Crippen LogP contribution is 2.33. The monoisotopic (exact) mass is 296 g/mol. The molecule has 116 valence electrons. The third-order valence-corrected chi connectivity index (χ3v) is 4.07. The maximum absolute atomic E-state index is 4.72. The van der Waals surface area contributed by atoms with Crippen molar-refractivity contribution in [2.75, 3.05) is 23.3 Å². The topological polar surface area (TPSA) is 41.1 Å². The number of anilines is 3. The normalized spacial score (nSPS) is 13.3. The minimum Gasteiger partial charge on any atom is -0.354 e. The van der Waals surface area contributed by atoms with Crippen LogP contribution in [0.5, 0.6) is 0 Å². The Morgan fingerprint density at radius 2 is 2.05 bits per heavy atom. The van der Waals surface area contributed by atoms with E-state index in [1.54, 1.807) is 0 Å². The first kappa shape index (κ1) is 14.8. The molecule has 2 heterocycles. The van der Waals surface area contributed by atoms with Gasteiger partial charge in [-0.3, -0.25) is 0 Å². The van der Waals surface area contributed by atoms with E-state index in [-0.39, 0.29) is 0 Å². The van der Waals surface area contributed by atoms with Gasteiger partial charge in [0.05, 0.1) is 0 Å². The molecular weight excluding hydrogens is 272 g/mol. The molecule has 0 saturated carbocycles. The molecule has 0 spiro atoms. The minimum atomic E-state index is 0.746. The molecule has 0 amide bonds. The number of hydrogen-bond acceptors (Lipinski definition) is 4. The number of fused-ring (bicyclic) bond motifs is 1. The van der Waals surface area contributed by atoms with Crippen molar-refractivity contribution in [1.82, 2.24) is 9.97 Å². The van der Waals surface area contributed by atoms with Crippen LogP contribution < -0.4 is 10.2 Å². The van der Waals surface area contributed by atoms with Crippen molar-refractivity contribution in [2.45, 2.75) is 39.5 Å². The van der Waals surface area contributed by atoms with Crippen LogP contribution in [0.15, 0.2) is 30.3 Å². The van der Waals surface area contributed by atoms with E-state index in [1.165, 1.54) is 24.1 Å². The van der Waals surface area contributed by atoms with Crippen LogP contribution in [0.2, 0.25) is 0 Å². The molecule has 1 aliphatic heterocycles. The van der Waals surface area contributed by atoms with Crippen LogP contribution in [0.1, 0.15) is 37.4 Å². The highest BCUT2D eigenvalue weighted by Gasteiger charge is 2.21. The molecule has 1 aromatic carbocycles. The zero-order valence-electron chi connectivity index (χ0n) is 13.5. The van der Waals surface area contributed by atoms with Gasteiger partial charge in [0, 0.05) is 30.5 Å². The predicted molar refractivity (Wildman–Crippen MR) is 91.9 cm³/mol. The third kappa shape index (κ3) is 3.21. The van der Waals surface area contributed by atoms with Crippen molar-refractivity contribution in [3.05, 3.63) is 41.6 Å². The van der Waals surface area contributed by atoms with Crippen molar-refractivity contribution in [3.8, 4) is 0 Å². The van der Waals surface area contributed by atoms with Crippen molar-refractivity contribution in [1.29, 1.82) is 0 Å². The summed E-state index contributed by atoms with van der Waals surface area (Å²) in [7, 11) is 0. The first-order valence-electron chi connectivity index (χ1n) is 8.23. The second-order valence-corrected chi connectivity index (χ2v) is 5.86. The van der Waals surface area contributed by atoms with Crippen LogP contribution in [0, 0.1) is 6.92 Å². The fraction of sp³-hybridized carbons (Fsp3) is 0.444. The van der Waals surface area contributed by atoms with Gasteiger partial charge in [0.1, 0.15) is 5.82 Å². The number of aryl methyl sites for hydroxylation is 1. The molecule has 0 aliphatic carbocycles. The lowest BCUT2D eigenvalue weighted by Crippen LogP contribution is -2.17. The Hall–Kier alpha value is -2.10. The SMILES string of the molecule is CCCCCNc1nc(C)cc(N2CCc3ccccc32)n1. The fourth-order valence-electron chi connectivity index (χ4n) is 2.92. The number of nitrogens with zero attached hydrogens (tertiary/aromatic N) is 3.